The lowest BCUT2D eigenvalue weighted by Gasteiger charge is -2.40. The zero-order chi connectivity index (χ0) is 14.9. The number of hydrogen-bond acceptors (Lipinski definition) is 6. The normalized spacial score (nSPS) is 21.6. The molecule has 22 heavy (non-hydrogen) atoms. The third-order valence-electron chi connectivity index (χ3n) is 4.80. The van der Waals surface area contributed by atoms with Gasteiger partial charge < -0.3 is 9.47 Å². The van der Waals surface area contributed by atoms with E-state index in [0.717, 1.165) is 36.1 Å². The second-order valence-electron chi connectivity index (χ2n) is 6.09. The summed E-state index contributed by atoms with van der Waals surface area (Å²) in [5.74, 6) is 3.58. The average molecular weight is 318 g/mol. The Morgan fingerprint density at radius 1 is 1.05 bits per heavy atom. The summed E-state index contributed by atoms with van der Waals surface area (Å²) in [4.78, 5) is 18.4. The van der Waals surface area contributed by atoms with E-state index in [9.17, 15) is 0 Å². The van der Waals surface area contributed by atoms with Gasteiger partial charge in [0.2, 0.25) is 0 Å². The van der Waals surface area contributed by atoms with Gasteiger partial charge in [0.1, 0.15) is 6.33 Å². The fourth-order valence-electron chi connectivity index (χ4n) is 3.55. The van der Waals surface area contributed by atoms with E-state index in [2.05, 4.69) is 36.5 Å². The van der Waals surface area contributed by atoms with Crippen LogP contribution in [0, 0.1) is 0 Å². The van der Waals surface area contributed by atoms with Gasteiger partial charge in [0.25, 0.3) is 0 Å². The van der Waals surface area contributed by atoms with Crippen molar-refractivity contribution < 1.29 is 0 Å². The van der Waals surface area contributed by atoms with Gasteiger partial charge in [-0.1, -0.05) is 0 Å². The second-order valence-corrected chi connectivity index (χ2v) is 7.32. The van der Waals surface area contributed by atoms with Gasteiger partial charge in [0.15, 0.2) is 17.0 Å². The number of anilines is 1. The van der Waals surface area contributed by atoms with Crippen LogP contribution < -0.4 is 4.90 Å². The summed E-state index contributed by atoms with van der Waals surface area (Å²) < 4.78 is 1.96. The number of imidazole rings is 1. The van der Waals surface area contributed by atoms with Gasteiger partial charge in [0, 0.05) is 50.8 Å². The van der Waals surface area contributed by atoms with E-state index in [0.29, 0.717) is 0 Å². The summed E-state index contributed by atoms with van der Waals surface area (Å²) in [6.45, 7) is 4.65. The Bertz CT molecular complexity index is 643. The van der Waals surface area contributed by atoms with Gasteiger partial charge in [-0.25, -0.2) is 15.0 Å². The first-order valence-corrected chi connectivity index (χ1v) is 9.17. The van der Waals surface area contributed by atoms with Crippen molar-refractivity contribution in [1.82, 2.24) is 24.4 Å². The Morgan fingerprint density at radius 2 is 1.82 bits per heavy atom. The Balaban J connectivity index is 1.48. The number of aromatic nitrogens is 4. The molecule has 0 spiro atoms. The van der Waals surface area contributed by atoms with Crippen LogP contribution in [0.3, 0.4) is 0 Å². The number of piperidine rings is 1. The predicted octanol–water partition coefficient (Wildman–Crippen LogP) is 1.38. The van der Waals surface area contributed by atoms with Crippen molar-refractivity contribution in [3.8, 4) is 0 Å². The van der Waals surface area contributed by atoms with E-state index >= 15 is 0 Å². The molecule has 2 aliphatic heterocycles. The van der Waals surface area contributed by atoms with Crippen LogP contribution in [0.5, 0.6) is 0 Å². The fourth-order valence-corrected chi connectivity index (χ4v) is 4.48. The molecule has 6 nitrogen and oxygen atoms in total. The molecule has 118 valence electrons. The van der Waals surface area contributed by atoms with Crippen molar-refractivity contribution in [3.63, 3.8) is 0 Å². The highest BCUT2D eigenvalue weighted by molar-refractivity contribution is 7.99. The highest BCUT2D eigenvalue weighted by Gasteiger charge is 2.27. The van der Waals surface area contributed by atoms with Gasteiger partial charge in [-0.2, -0.15) is 11.8 Å². The van der Waals surface area contributed by atoms with Crippen molar-refractivity contribution in [2.24, 2.45) is 7.05 Å². The summed E-state index contributed by atoms with van der Waals surface area (Å²) in [6.07, 6.45) is 5.93. The lowest BCUT2D eigenvalue weighted by Crippen LogP contribution is -2.48. The third kappa shape index (κ3) is 2.56. The zero-order valence-electron chi connectivity index (χ0n) is 13.0. The van der Waals surface area contributed by atoms with Crippen LogP contribution in [0.15, 0.2) is 12.7 Å². The minimum Gasteiger partial charge on any atom is -0.355 e. The Labute approximate surface area is 134 Å². The Morgan fingerprint density at radius 3 is 2.59 bits per heavy atom. The maximum absolute atomic E-state index is 4.50. The molecule has 0 radical (unpaired) electrons. The van der Waals surface area contributed by atoms with Crippen LogP contribution in [-0.4, -0.2) is 68.1 Å². The third-order valence-corrected chi connectivity index (χ3v) is 5.75. The van der Waals surface area contributed by atoms with Crippen molar-refractivity contribution in [1.29, 1.82) is 0 Å². The maximum Gasteiger partial charge on any atom is 0.165 e. The van der Waals surface area contributed by atoms with Crippen LogP contribution in [-0.2, 0) is 7.05 Å². The molecule has 2 aromatic heterocycles. The SMILES string of the molecule is Cn1cnc2c(N3CCC(N4CCSCC4)CC3)ncnc21. The van der Waals surface area contributed by atoms with E-state index in [1.165, 1.54) is 37.4 Å². The monoisotopic (exact) mass is 318 g/mol. The molecule has 4 heterocycles. The molecule has 0 aromatic carbocycles. The maximum atomic E-state index is 4.50. The van der Waals surface area contributed by atoms with Gasteiger partial charge in [0.05, 0.1) is 6.33 Å². The molecule has 2 aromatic rings. The summed E-state index contributed by atoms with van der Waals surface area (Å²) in [5.41, 5.74) is 1.85. The standard InChI is InChI=1S/C15H22N6S/c1-19-11-18-13-14(19)16-10-17-15(13)21-4-2-12(3-5-21)20-6-8-22-9-7-20/h10-12H,2-9H2,1H3. The minimum absolute atomic E-state index is 0.748. The molecule has 0 unspecified atom stereocenters. The van der Waals surface area contributed by atoms with Crippen LogP contribution in [0.2, 0.25) is 0 Å². The average Bonchev–Trinajstić information content (AvgIpc) is 2.97. The van der Waals surface area contributed by atoms with Crippen LogP contribution >= 0.6 is 11.8 Å². The van der Waals surface area contributed by atoms with Crippen LogP contribution in [0.1, 0.15) is 12.8 Å². The van der Waals surface area contributed by atoms with E-state index in [4.69, 9.17) is 0 Å². The fraction of sp³-hybridized carbons (Fsp3) is 0.667. The molecule has 2 aliphatic rings. The molecule has 0 saturated carbocycles. The number of rotatable bonds is 2. The van der Waals surface area contributed by atoms with E-state index < -0.39 is 0 Å². The zero-order valence-corrected chi connectivity index (χ0v) is 13.8. The van der Waals surface area contributed by atoms with Gasteiger partial charge in [-0.15, -0.1) is 0 Å². The molecule has 2 fully saturated rings. The molecular formula is C15H22N6S. The molecule has 2 saturated heterocycles. The first-order valence-electron chi connectivity index (χ1n) is 8.01. The number of thioether (sulfide) groups is 1. The van der Waals surface area contributed by atoms with Crippen molar-refractivity contribution in [3.05, 3.63) is 12.7 Å². The van der Waals surface area contributed by atoms with Crippen molar-refractivity contribution in [2.45, 2.75) is 18.9 Å². The number of hydrogen-bond donors (Lipinski definition) is 0. The number of fused-ring (bicyclic) bond motifs is 1. The Kier molecular flexibility index (Phi) is 3.92. The second kappa shape index (κ2) is 6.04. The number of aryl methyl sites for hydroxylation is 1. The molecule has 0 aliphatic carbocycles. The highest BCUT2D eigenvalue weighted by Crippen LogP contribution is 2.26. The predicted molar refractivity (Wildman–Crippen MR) is 90.4 cm³/mol. The molecule has 0 atom stereocenters. The highest BCUT2D eigenvalue weighted by atomic mass is 32.2. The molecule has 0 amide bonds. The smallest absolute Gasteiger partial charge is 0.165 e. The summed E-state index contributed by atoms with van der Waals surface area (Å²) in [6, 6.07) is 0.748. The Hall–Kier alpha value is -1.34. The lowest BCUT2D eigenvalue weighted by atomic mass is 10.0. The lowest BCUT2D eigenvalue weighted by molar-refractivity contribution is 0.185. The van der Waals surface area contributed by atoms with Gasteiger partial charge >= 0.3 is 0 Å². The van der Waals surface area contributed by atoms with Crippen molar-refractivity contribution in [2.75, 3.05) is 42.6 Å². The first kappa shape index (κ1) is 14.3. The molecular weight excluding hydrogens is 296 g/mol. The quantitative estimate of drug-likeness (QED) is 0.834. The summed E-state index contributed by atoms with van der Waals surface area (Å²) >= 11 is 2.08. The largest absolute Gasteiger partial charge is 0.355 e. The van der Waals surface area contributed by atoms with Crippen molar-refractivity contribution >= 4 is 28.7 Å². The summed E-state index contributed by atoms with van der Waals surface area (Å²) in [7, 11) is 1.98. The molecule has 4 rings (SSSR count). The van der Waals surface area contributed by atoms with Crippen LogP contribution in [0.4, 0.5) is 5.82 Å². The number of nitrogens with zero attached hydrogens (tertiary/aromatic N) is 6. The van der Waals surface area contributed by atoms with E-state index in [1.54, 1.807) is 6.33 Å². The summed E-state index contributed by atoms with van der Waals surface area (Å²) in [5, 5.41) is 0. The van der Waals surface area contributed by atoms with Gasteiger partial charge in [-0.3, -0.25) is 4.90 Å². The molecule has 0 N–H and O–H groups in total. The molecule has 7 heteroatoms. The van der Waals surface area contributed by atoms with Gasteiger partial charge in [-0.05, 0) is 12.8 Å². The molecule has 0 bridgehead atoms. The van der Waals surface area contributed by atoms with Crippen LogP contribution in [0.25, 0.3) is 11.2 Å². The topological polar surface area (TPSA) is 50.1 Å². The van der Waals surface area contributed by atoms with E-state index in [1.807, 2.05) is 17.9 Å². The van der Waals surface area contributed by atoms with E-state index in [-0.39, 0.29) is 0 Å². The minimum atomic E-state index is 0.748. The first-order chi connectivity index (χ1) is 10.8.